The maximum Gasteiger partial charge on any atom is 0.291 e. The number of ether oxygens (including phenoxy) is 2. The maximum atomic E-state index is 12.5. The summed E-state index contributed by atoms with van der Waals surface area (Å²) in [6.45, 7) is 2.00. The molecule has 0 saturated carbocycles. The van der Waals surface area contributed by atoms with E-state index in [0.29, 0.717) is 22.7 Å². The van der Waals surface area contributed by atoms with E-state index in [2.05, 4.69) is 20.2 Å². The molecule has 0 bridgehead atoms. The number of nitrogens with zero attached hydrogens (tertiary/aromatic N) is 2. The molecule has 1 amide bonds. The van der Waals surface area contributed by atoms with Crippen LogP contribution >= 0.6 is 11.3 Å². The molecule has 0 aliphatic carbocycles. The van der Waals surface area contributed by atoms with Crippen LogP contribution in [-0.2, 0) is 10.0 Å². The number of carbonyl (C=O) groups excluding carboxylic acids is 1. The van der Waals surface area contributed by atoms with E-state index < -0.39 is 15.9 Å². The maximum absolute atomic E-state index is 12.5. The first-order valence-electron chi connectivity index (χ1n) is 8.05. The summed E-state index contributed by atoms with van der Waals surface area (Å²) in [7, 11) is -3.97. The summed E-state index contributed by atoms with van der Waals surface area (Å²) in [5.41, 5.74) is 1.75. The lowest BCUT2D eigenvalue weighted by atomic mass is 10.1. The topological polar surface area (TPSA) is 120 Å². The quantitative estimate of drug-likeness (QED) is 0.611. The van der Waals surface area contributed by atoms with Crippen LogP contribution in [0.1, 0.15) is 15.9 Å². The van der Waals surface area contributed by atoms with Crippen molar-refractivity contribution in [2.75, 3.05) is 16.8 Å². The van der Waals surface area contributed by atoms with Crippen LogP contribution in [0.2, 0.25) is 0 Å². The summed E-state index contributed by atoms with van der Waals surface area (Å²) >= 11 is 0.750. The predicted octanol–water partition coefficient (Wildman–Crippen LogP) is 2.63. The number of rotatable bonds is 5. The molecule has 4 rings (SSSR count). The molecule has 28 heavy (non-hydrogen) atoms. The fraction of sp³-hybridized carbons (Fsp3) is 0.118. The van der Waals surface area contributed by atoms with Crippen molar-refractivity contribution in [3.05, 3.63) is 53.6 Å². The number of nitrogens with one attached hydrogen (secondary N) is 2. The SMILES string of the molecule is Cc1ccc(C(=O)Nc2nnc(S(=O)(=O)Nc3ccc4c(c3)OCO4)s2)cc1. The van der Waals surface area contributed by atoms with E-state index >= 15 is 0 Å². The van der Waals surface area contributed by atoms with E-state index in [4.69, 9.17) is 9.47 Å². The summed E-state index contributed by atoms with van der Waals surface area (Å²) < 4.78 is 37.6. The monoisotopic (exact) mass is 418 g/mol. The van der Waals surface area contributed by atoms with Gasteiger partial charge in [0.25, 0.3) is 20.3 Å². The van der Waals surface area contributed by atoms with E-state index in [1.807, 2.05) is 6.92 Å². The van der Waals surface area contributed by atoms with Gasteiger partial charge in [-0.3, -0.25) is 14.8 Å². The van der Waals surface area contributed by atoms with E-state index in [1.165, 1.54) is 6.07 Å². The van der Waals surface area contributed by atoms with Crippen LogP contribution in [-0.4, -0.2) is 31.3 Å². The van der Waals surface area contributed by atoms with Gasteiger partial charge in [-0.05, 0) is 31.2 Å². The third kappa shape index (κ3) is 3.75. The van der Waals surface area contributed by atoms with Crippen LogP contribution < -0.4 is 19.5 Å². The summed E-state index contributed by atoms with van der Waals surface area (Å²) in [4.78, 5) is 12.2. The molecule has 3 aromatic rings. The van der Waals surface area contributed by atoms with Crippen molar-refractivity contribution in [3.8, 4) is 11.5 Å². The molecule has 2 aromatic carbocycles. The first-order valence-corrected chi connectivity index (χ1v) is 10.3. The molecule has 0 radical (unpaired) electrons. The molecule has 0 spiro atoms. The van der Waals surface area contributed by atoms with Crippen LogP contribution in [0.5, 0.6) is 11.5 Å². The molecule has 0 unspecified atom stereocenters. The van der Waals surface area contributed by atoms with Crippen LogP contribution in [0.15, 0.2) is 46.8 Å². The Morgan fingerprint density at radius 3 is 2.61 bits per heavy atom. The molecule has 0 saturated heterocycles. The zero-order valence-corrected chi connectivity index (χ0v) is 16.1. The first kappa shape index (κ1) is 18.2. The Morgan fingerprint density at radius 1 is 1.07 bits per heavy atom. The van der Waals surface area contributed by atoms with Crippen LogP contribution in [0.3, 0.4) is 0 Å². The molecule has 9 nitrogen and oxygen atoms in total. The second kappa shape index (κ2) is 7.09. The molecule has 2 heterocycles. The summed E-state index contributed by atoms with van der Waals surface area (Å²) in [6, 6.07) is 11.6. The molecule has 1 aliphatic rings. The van der Waals surface area contributed by atoms with Crippen molar-refractivity contribution in [2.45, 2.75) is 11.3 Å². The van der Waals surface area contributed by atoms with Crippen molar-refractivity contribution in [3.63, 3.8) is 0 Å². The van der Waals surface area contributed by atoms with Gasteiger partial charge in [-0.2, -0.15) is 8.42 Å². The highest BCUT2D eigenvalue weighted by Gasteiger charge is 2.23. The minimum absolute atomic E-state index is 0.0802. The van der Waals surface area contributed by atoms with Gasteiger partial charge in [-0.1, -0.05) is 29.0 Å². The minimum atomic E-state index is -3.97. The Kier molecular flexibility index (Phi) is 4.61. The third-order valence-electron chi connectivity index (χ3n) is 3.80. The molecule has 144 valence electrons. The second-order valence-electron chi connectivity index (χ2n) is 5.87. The Hall–Kier alpha value is -3.18. The van der Waals surface area contributed by atoms with Crippen molar-refractivity contribution in [1.82, 2.24) is 10.2 Å². The number of sulfonamides is 1. The van der Waals surface area contributed by atoms with Crippen molar-refractivity contribution < 1.29 is 22.7 Å². The number of fused-ring (bicyclic) bond motifs is 1. The molecule has 1 aromatic heterocycles. The lowest BCUT2D eigenvalue weighted by Gasteiger charge is -2.05. The lowest BCUT2D eigenvalue weighted by molar-refractivity contribution is 0.102. The molecule has 11 heteroatoms. The number of hydrogen-bond donors (Lipinski definition) is 2. The van der Waals surface area contributed by atoms with Gasteiger partial charge >= 0.3 is 0 Å². The number of aryl methyl sites for hydroxylation is 1. The van der Waals surface area contributed by atoms with E-state index in [0.717, 1.165) is 16.9 Å². The Labute approximate surface area is 164 Å². The van der Waals surface area contributed by atoms with Gasteiger partial charge in [0.05, 0.1) is 5.69 Å². The van der Waals surface area contributed by atoms with Crippen molar-refractivity contribution in [2.24, 2.45) is 0 Å². The fourth-order valence-corrected chi connectivity index (χ4v) is 4.35. The van der Waals surface area contributed by atoms with Gasteiger partial charge in [-0.25, -0.2) is 0 Å². The van der Waals surface area contributed by atoms with E-state index in [1.54, 1.807) is 36.4 Å². The van der Waals surface area contributed by atoms with Gasteiger partial charge in [0.2, 0.25) is 11.9 Å². The largest absolute Gasteiger partial charge is 0.454 e. The average Bonchev–Trinajstić information content (AvgIpc) is 3.31. The lowest BCUT2D eigenvalue weighted by Crippen LogP contribution is -2.12. The Morgan fingerprint density at radius 2 is 1.82 bits per heavy atom. The minimum Gasteiger partial charge on any atom is -0.454 e. The predicted molar refractivity (Wildman–Crippen MR) is 102 cm³/mol. The highest BCUT2D eigenvalue weighted by atomic mass is 32.2. The number of anilines is 2. The van der Waals surface area contributed by atoms with Gasteiger partial charge in [-0.15, -0.1) is 10.2 Å². The van der Waals surface area contributed by atoms with Crippen LogP contribution in [0.25, 0.3) is 0 Å². The third-order valence-corrected chi connectivity index (χ3v) is 6.38. The number of amides is 1. The molecule has 1 aliphatic heterocycles. The number of carbonyl (C=O) groups is 1. The molecular formula is C17H14N4O5S2. The second-order valence-corrected chi connectivity index (χ2v) is 8.70. The van der Waals surface area contributed by atoms with Gasteiger partial charge < -0.3 is 9.47 Å². The van der Waals surface area contributed by atoms with Crippen molar-refractivity contribution in [1.29, 1.82) is 0 Å². The molecular weight excluding hydrogens is 404 g/mol. The summed E-state index contributed by atoms with van der Waals surface area (Å²) in [5, 5.41) is 10.0. The zero-order chi connectivity index (χ0) is 19.7. The number of hydrogen-bond acceptors (Lipinski definition) is 8. The number of benzene rings is 2. The van der Waals surface area contributed by atoms with Crippen molar-refractivity contribution >= 4 is 38.1 Å². The van der Waals surface area contributed by atoms with Crippen LogP contribution in [0.4, 0.5) is 10.8 Å². The summed E-state index contributed by atoms with van der Waals surface area (Å²) in [5.74, 6) is 0.590. The number of aromatic nitrogens is 2. The van der Waals surface area contributed by atoms with Crippen LogP contribution in [0, 0.1) is 6.92 Å². The first-order chi connectivity index (χ1) is 13.4. The van der Waals surface area contributed by atoms with Gasteiger partial charge in [0, 0.05) is 11.6 Å². The van der Waals surface area contributed by atoms with E-state index in [9.17, 15) is 13.2 Å². The normalized spacial score (nSPS) is 12.6. The summed E-state index contributed by atoms with van der Waals surface area (Å²) in [6.07, 6.45) is 0. The molecule has 0 fully saturated rings. The molecule has 0 atom stereocenters. The smallest absolute Gasteiger partial charge is 0.291 e. The molecule has 2 N–H and O–H groups in total. The van der Waals surface area contributed by atoms with Gasteiger partial charge in [0.15, 0.2) is 11.5 Å². The standard InChI is InChI=1S/C17H14N4O5S2/c1-10-2-4-11(5-3-10)15(22)18-16-19-20-17(27-16)28(23,24)21-12-6-7-13-14(8-12)26-9-25-13/h2-8,21H,9H2,1H3,(H,18,19,22). The highest BCUT2D eigenvalue weighted by molar-refractivity contribution is 7.94. The van der Waals surface area contributed by atoms with Gasteiger partial charge in [0.1, 0.15) is 0 Å². The Bertz CT molecular complexity index is 1140. The Balaban J connectivity index is 1.48. The highest BCUT2D eigenvalue weighted by Crippen LogP contribution is 2.35. The van der Waals surface area contributed by atoms with E-state index in [-0.39, 0.29) is 16.3 Å². The zero-order valence-electron chi connectivity index (χ0n) is 14.5. The fourth-order valence-electron chi connectivity index (χ4n) is 2.40. The average molecular weight is 418 g/mol.